The van der Waals surface area contributed by atoms with Gasteiger partial charge in [0.15, 0.2) is 0 Å². The zero-order valence-electron chi connectivity index (χ0n) is 13.1. The molecule has 1 aromatic carbocycles. The molecular weight excluding hydrogens is 332 g/mol. The van der Waals surface area contributed by atoms with Crippen molar-refractivity contribution in [2.45, 2.75) is 24.8 Å². The number of carbonyl (C=O) groups is 1. The van der Waals surface area contributed by atoms with Gasteiger partial charge in [-0.2, -0.15) is 4.98 Å². The van der Waals surface area contributed by atoms with E-state index in [0.717, 1.165) is 5.56 Å². The van der Waals surface area contributed by atoms with Crippen LogP contribution in [0.15, 0.2) is 28.8 Å². The molecule has 1 saturated heterocycles. The second kappa shape index (κ2) is 7.29. The van der Waals surface area contributed by atoms with Crippen LogP contribution in [0.3, 0.4) is 0 Å². The van der Waals surface area contributed by atoms with Crippen molar-refractivity contribution in [2.75, 3.05) is 19.8 Å². The highest BCUT2D eigenvalue weighted by molar-refractivity contribution is 6.30. The Morgan fingerprint density at radius 2 is 2.00 bits per heavy atom. The van der Waals surface area contributed by atoms with Crippen molar-refractivity contribution >= 4 is 17.5 Å². The van der Waals surface area contributed by atoms with Gasteiger partial charge in [-0.25, -0.2) is 0 Å². The molecule has 7 nitrogen and oxygen atoms in total. The normalized spacial score (nSPS) is 16.8. The van der Waals surface area contributed by atoms with E-state index in [4.69, 9.17) is 26.6 Å². The smallest absolute Gasteiger partial charge is 0.240 e. The first-order chi connectivity index (χ1) is 11.6. The fraction of sp³-hybridized carbons (Fsp3) is 0.438. The molecule has 0 aliphatic carbocycles. The number of nitrogens with zero attached hydrogens (tertiary/aromatic N) is 2. The van der Waals surface area contributed by atoms with E-state index in [0.29, 0.717) is 55.8 Å². The molecule has 1 fully saturated rings. The van der Waals surface area contributed by atoms with Crippen molar-refractivity contribution < 1.29 is 14.1 Å². The largest absolute Gasteiger partial charge is 0.381 e. The zero-order chi connectivity index (χ0) is 17.0. The molecule has 1 aliphatic rings. The maximum Gasteiger partial charge on any atom is 0.240 e. The summed E-state index contributed by atoms with van der Waals surface area (Å²) in [5.41, 5.74) is 6.10. The molecular formula is C16H19ClN4O3. The summed E-state index contributed by atoms with van der Waals surface area (Å²) in [7, 11) is 0. The summed E-state index contributed by atoms with van der Waals surface area (Å²) >= 11 is 5.86. The molecule has 3 N–H and O–H groups in total. The molecule has 1 aromatic heterocycles. The van der Waals surface area contributed by atoms with Crippen molar-refractivity contribution in [1.29, 1.82) is 0 Å². The minimum atomic E-state index is -0.846. The van der Waals surface area contributed by atoms with E-state index in [1.54, 1.807) is 12.1 Å². The molecule has 2 heterocycles. The summed E-state index contributed by atoms with van der Waals surface area (Å²) in [5, 5.41) is 7.41. The van der Waals surface area contributed by atoms with E-state index in [1.165, 1.54) is 0 Å². The summed E-state index contributed by atoms with van der Waals surface area (Å²) in [6.45, 7) is 1.41. The monoisotopic (exact) mass is 350 g/mol. The molecule has 8 heteroatoms. The Labute approximate surface area is 144 Å². The highest BCUT2D eigenvalue weighted by Crippen LogP contribution is 2.19. The van der Waals surface area contributed by atoms with Crippen LogP contribution >= 0.6 is 11.6 Å². The highest BCUT2D eigenvalue weighted by Gasteiger charge is 2.35. The van der Waals surface area contributed by atoms with Gasteiger partial charge < -0.3 is 20.3 Å². The van der Waals surface area contributed by atoms with Gasteiger partial charge in [0.2, 0.25) is 17.6 Å². The Hall–Kier alpha value is -1.96. The second-order valence-electron chi connectivity index (χ2n) is 5.79. The second-order valence-corrected chi connectivity index (χ2v) is 6.23. The van der Waals surface area contributed by atoms with Crippen molar-refractivity contribution in [3.05, 3.63) is 35.2 Å². The number of carbonyl (C=O) groups excluding carboxylic acids is 1. The molecule has 0 bridgehead atoms. The van der Waals surface area contributed by atoms with Crippen LogP contribution in [0.5, 0.6) is 0 Å². The average Bonchev–Trinajstić information content (AvgIpc) is 3.05. The Bertz CT molecular complexity index is 696. The van der Waals surface area contributed by atoms with Crippen molar-refractivity contribution in [3.8, 4) is 11.4 Å². The number of amides is 1. The SMILES string of the molecule is NC1(C(=O)NCCc2nc(-c3ccc(Cl)cc3)no2)CCOCC1. The average molecular weight is 351 g/mol. The van der Waals surface area contributed by atoms with Crippen LogP contribution in [0.2, 0.25) is 5.02 Å². The maximum atomic E-state index is 12.2. The van der Waals surface area contributed by atoms with Gasteiger partial charge in [0.1, 0.15) is 0 Å². The molecule has 128 valence electrons. The van der Waals surface area contributed by atoms with Gasteiger partial charge in [-0.15, -0.1) is 0 Å². The quantitative estimate of drug-likeness (QED) is 0.848. The van der Waals surface area contributed by atoms with E-state index in [1.807, 2.05) is 12.1 Å². The van der Waals surface area contributed by atoms with Crippen LogP contribution in [0, 0.1) is 0 Å². The van der Waals surface area contributed by atoms with E-state index in [9.17, 15) is 4.79 Å². The third-order valence-corrected chi connectivity index (χ3v) is 4.28. The summed E-state index contributed by atoms with van der Waals surface area (Å²) in [4.78, 5) is 16.5. The van der Waals surface area contributed by atoms with Gasteiger partial charge >= 0.3 is 0 Å². The lowest BCUT2D eigenvalue weighted by Gasteiger charge is -2.31. The van der Waals surface area contributed by atoms with Gasteiger partial charge in [0.05, 0.1) is 5.54 Å². The van der Waals surface area contributed by atoms with Crippen molar-refractivity contribution in [1.82, 2.24) is 15.5 Å². The van der Waals surface area contributed by atoms with Crippen LogP contribution in [0.4, 0.5) is 0 Å². The first-order valence-corrected chi connectivity index (χ1v) is 8.18. The number of rotatable bonds is 5. The van der Waals surface area contributed by atoms with Crippen LogP contribution in [0.25, 0.3) is 11.4 Å². The first-order valence-electron chi connectivity index (χ1n) is 7.80. The van der Waals surface area contributed by atoms with E-state index in [2.05, 4.69) is 15.5 Å². The van der Waals surface area contributed by atoms with Crippen molar-refractivity contribution in [2.24, 2.45) is 5.73 Å². The minimum Gasteiger partial charge on any atom is -0.381 e. The fourth-order valence-corrected chi connectivity index (χ4v) is 2.62. The topological polar surface area (TPSA) is 103 Å². The predicted octanol–water partition coefficient (Wildman–Crippen LogP) is 1.56. The number of hydrogen-bond acceptors (Lipinski definition) is 6. The number of ether oxygens (including phenoxy) is 1. The van der Waals surface area contributed by atoms with Gasteiger partial charge in [0.25, 0.3) is 0 Å². The Morgan fingerprint density at radius 1 is 1.29 bits per heavy atom. The van der Waals surface area contributed by atoms with Gasteiger partial charge in [-0.3, -0.25) is 4.79 Å². The molecule has 0 unspecified atom stereocenters. The van der Waals surface area contributed by atoms with E-state index < -0.39 is 5.54 Å². The lowest BCUT2D eigenvalue weighted by molar-refractivity contribution is -0.129. The minimum absolute atomic E-state index is 0.164. The Morgan fingerprint density at radius 3 is 2.71 bits per heavy atom. The highest BCUT2D eigenvalue weighted by atomic mass is 35.5. The van der Waals surface area contributed by atoms with Gasteiger partial charge in [0, 0.05) is 36.8 Å². The summed E-state index contributed by atoms with van der Waals surface area (Å²) in [6.07, 6.45) is 1.50. The fourth-order valence-electron chi connectivity index (χ4n) is 2.49. The summed E-state index contributed by atoms with van der Waals surface area (Å²) < 4.78 is 10.4. The molecule has 2 aromatic rings. The first kappa shape index (κ1) is 16.9. The number of nitrogens with one attached hydrogen (secondary N) is 1. The number of nitrogens with two attached hydrogens (primary N) is 1. The van der Waals surface area contributed by atoms with Crippen LogP contribution < -0.4 is 11.1 Å². The number of hydrogen-bond donors (Lipinski definition) is 2. The van der Waals surface area contributed by atoms with E-state index >= 15 is 0 Å². The van der Waals surface area contributed by atoms with Gasteiger partial charge in [-0.1, -0.05) is 16.8 Å². The third kappa shape index (κ3) is 3.92. The number of halogens is 1. The third-order valence-electron chi connectivity index (χ3n) is 4.03. The van der Waals surface area contributed by atoms with E-state index in [-0.39, 0.29) is 5.91 Å². The van der Waals surface area contributed by atoms with Crippen molar-refractivity contribution in [3.63, 3.8) is 0 Å². The maximum absolute atomic E-state index is 12.2. The van der Waals surface area contributed by atoms with Crippen LogP contribution in [0.1, 0.15) is 18.7 Å². The lowest BCUT2D eigenvalue weighted by Crippen LogP contribution is -2.57. The standard InChI is InChI=1S/C16H19ClN4O3/c17-12-3-1-11(2-4-12)14-20-13(24-21-14)5-8-19-15(22)16(18)6-9-23-10-7-16/h1-4H,5-10,18H2,(H,19,22). The van der Waals surface area contributed by atoms with Crippen LogP contribution in [-0.2, 0) is 16.0 Å². The Balaban J connectivity index is 1.52. The molecule has 0 radical (unpaired) electrons. The number of benzene rings is 1. The lowest BCUT2D eigenvalue weighted by atomic mass is 9.90. The molecule has 0 atom stereocenters. The summed E-state index contributed by atoms with van der Waals surface area (Å²) in [6, 6.07) is 7.17. The Kier molecular flexibility index (Phi) is 5.13. The molecule has 3 rings (SSSR count). The van der Waals surface area contributed by atoms with Crippen LogP contribution in [-0.4, -0.2) is 41.3 Å². The van der Waals surface area contributed by atoms with Gasteiger partial charge in [-0.05, 0) is 37.1 Å². The summed E-state index contributed by atoms with van der Waals surface area (Å²) in [5.74, 6) is 0.786. The molecule has 0 saturated carbocycles. The molecule has 24 heavy (non-hydrogen) atoms. The molecule has 1 aliphatic heterocycles. The zero-order valence-corrected chi connectivity index (χ0v) is 13.9. The molecule has 1 amide bonds. The molecule has 0 spiro atoms. The number of aromatic nitrogens is 2. The predicted molar refractivity (Wildman–Crippen MR) is 88.4 cm³/mol.